The molecule has 0 spiro atoms. The van der Waals surface area contributed by atoms with Gasteiger partial charge in [-0.05, 0) is 18.6 Å². The highest BCUT2D eigenvalue weighted by Gasteiger charge is 2.03. The number of nitrogen functional groups attached to an aromatic ring is 1. The van der Waals surface area contributed by atoms with Crippen molar-refractivity contribution in [3.63, 3.8) is 0 Å². The van der Waals surface area contributed by atoms with Crippen LogP contribution in [0, 0.1) is 6.92 Å². The van der Waals surface area contributed by atoms with Gasteiger partial charge >= 0.3 is 0 Å². The van der Waals surface area contributed by atoms with Gasteiger partial charge in [0.2, 0.25) is 0 Å². The van der Waals surface area contributed by atoms with E-state index in [1.54, 1.807) is 18.0 Å². The monoisotopic (exact) mass is 240 g/mol. The topological polar surface area (TPSA) is 52.0 Å². The van der Waals surface area contributed by atoms with E-state index < -0.39 is 0 Å². The van der Waals surface area contributed by atoms with Crippen LogP contribution in [0.4, 0.5) is 5.13 Å². The Morgan fingerprint density at radius 1 is 1.53 bits per heavy atom. The van der Waals surface area contributed by atoms with Crippen LogP contribution in [0.1, 0.15) is 17.0 Å². The molecule has 2 rings (SSSR count). The quantitative estimate of drug-likeness (QED) is 0.892. The van der Waals surface area contributed by atoms with E-state index in [0.717, 1.165) is 23.0 Å². The van der Waals surface area contributed by atoms with E-state index in [4.69, 9.17) is 10.2 Å². The molecular formula is C10H12N2OS2. The molecule has 0 aromatic carbocycles. The third kappa shape index (κ3) is 2.76. The zero-order valence-corrected chi connectivity index (χ0v) is 10.0. The number of aromatic nitrogens is 1. The van der Waals surface area contributed by atoms with Crippen LogP contribution in [0.25, 0.3) is 0 Å². The van der Waals surface area contributed by atoms with Crippen molar-refractivity contribution in [1.29, 1.82) is 0 Å². The Morgan fingerprint density at radius 3 is 3.00 bits per heavy atom. The van der Waals surface area contributed by atoms with Gasteiger partial charge in [-0.1, -0.05) is 0 Å². The maximum Gasteiger partial charge on any atom is 0.180 e. The van der Waals surface area contributed by atoms with E-state index in [0.29, 0.717) is 5.13 Å². The van der Waals surface area contributed by atoms with E-state index in [-0.39, 0.29) is 0 Å². The van der Waals surface area contributed by atoms with E-state index in [9.17, 15) is 0 Å². The number of hydrogen-bond acceptors (Lipinski definition) is 5. The first kappa shape index (κ1) is 10.6. The standard InChI is InChI=1S/C10H12N2OS2/c1-7-2-3-13-9(7)6-14-4-8-5-15-10(11)12-8/h2-3,5H,4,6H2,1H3,(H2,11,12). The maximum atomic E-state index is 5.55. The number of furan rings is 1. The molecule has 0 aliphatic heterocycles. The Hall–Kier alpha value is -0.940. The molecule has 2 N–H and O–H groups in total. The van der Waals surface area contributed by atoms with Crippen LogP contribution in [0.5, 0.6) is 0 Å². The van der Waals surface area contributed by atoms with E-state index in [1.807, 2.05) is 11.4 Å². The lowest BCUT2D eigenvalue weighted by Crippen LogP contribution is -1.86. The van der Waals surface area contributed by atoms with Crippen molar-refractivity contribution in [3.05, 3.63) is 34.7 Å². The smallest absolute Gasteiger partial charge is 0.180 e. The molecule has 0 amide bonds. The Kier molecular flexibility index (Phi) is 3.33. The molecule has 80 valence electrons. The number of aryl methyl sites for hydroxylation is 1. The molecule has 0 aliphatic rings. The van der Waals surface area contributed by atoms with Gasteiger partial charge in [0, 0.05) is 11.1 Å². The third-order valence-electron chi connectivity index (χ3n) is 2.02. The molecule has 3 nitrogen and oxygen atoms in total. The van der Waals surface area contributed by atoms with Crippen molar-refractivity contribution >= 4 is 28.2 Å². The van der Waals surface area contributed by atoms with Gasteiger partial charge in [-0.25, -0.2) is 4.98 Å². The molecule has 2 aromatic rings. The fourth-order valence-electron chi connectivity index (χ4n) is 1.19. The summed E-state index contributed by atoms with van der Waals surface area (Å²) in [6.07, 6.45) is 1.73. The van der Waals surface area contributed by atoms with E-state index >= 15 is 0 Å². The average Bonchev–Trinajstić information content (AvgIpc) is 2.77. The van der Waals surface area contributed by atoms with Gasteiger partial charge in [-0.15, -0.1) is 23.1 Å². The Balaban J connectivity index is 1.83. The molecule has 5 heteroatoms. The van der Waals surface area contributed by atoms with Crippen molar-refractivity contribution in [3.8, 4) is 0 Å². The molecule has 0 saturated heterocycles. The van der Waals surface area contributed by atoms with Crippen LogP contribution >= 0.6 is 23.1 Å². The van der Waals surface area contributed by atoms with Gasteiger partial charge in [-0.3, -0.25) is 0 Å². The van der Waals surface area contributed by atoms with Gasteiger partial charge in [0.1, 0.15) is 5.76 Å². The summed E-state index contributed by atoms with van der Waals surface area (Å²) in [4.78, 5) is 4.20. The number of rotatable bonds is 4. The Morgan fingerprint density at radius 2 is 2.40 bits per heavy atom. The number of hydrogen-bond donors (Lipinski definition) is 1. The summed E-state index contributed by atoms with van der Waals surface area (Å²) in [6, 6.07) is 1.98. The molecule has 0 aliphatic carbocycles. The molecule has 2 aromatic heterocycles. The zero-order chi connectivity index (χ0) is 10.7. The molecule has 0 unspecified atom stereocenters. The van der Waals surface area contributed by atoms with Crippen LogP contribution in [-0.2, 0) is 11.5 Å². The third-order valence-corrected chi connectivity index (χ3v) is 3.71. The summed E-state index contributed by atoms with van der Waals surface area (Å²) in [5.41, 5.74) is 7.81. The van der Waals surface area contributed by atoms with Crippen LogP contribution in [-0.4, -0.2) is 4.98 Å². The van der Waals surface area contributed by atoms with Crippen LogP contribution in [0.2, 0.25) is 0 Å². The normalized spacial score (nSPS) is 10.7. The first-order valence-corrected chi connectivity index (χ1v) is 6.60. The maximum absolute atomic E-state index is 5.55. The number of thioether (sulfide) groups is 1. The minimum Gasteiger partial charge on any atom is -0.468 e. The molecule has 0 bridgehead atoms. The van der Waals surface area contributed by atoms with Crippen molar-refractivity contribution in [2.45, 2.75) is 18.4 Å². The predicted molar refractivity (Wildman–Crippen MR) is 65.0 cm³/mol. The summed E-state index contributed by atoms with van der Waals surface area (Å²) in [5.74, 6) is 2.81. The SMILES string of the molecule is Cc1ccoc1CSCc1csc(N)n1. The molecule has 2 heterocycles. The van der Waals surface area contributed by atoms with Crippen molar-refractivity contribution in [2.75, 3.05) is 5.73 Å². The lowest BCUT2D eigenvalue weighted by atomic mass is 10.3. The molecule has 0 radical (unpaired) electrons. The van der Waals surface area contributed by atoms with Gasteiger partial charge in [0.15, 0.2) is 5.13 Å². The highest BCUT2D eigenvalue weighted by atomic mass is 32.2. The summed E-state index contributed by atoms with van der Waals surface area (Å²) in [7, 11) is 0. The Bertz CT molecular complexity index is 436. The van der Waals surface area contributed by atoms with E-state index in [2.05, 4.69) is 11.9 Å². The number of anilines is 1. The van der Waals surface area contributed by atoms with Gasteiger partial charge < -0.3 is 10.2 Å². The van der Waals surface area contributed by atoms with Crippen LogP contribution < -0.4 is 5.73 Å². The second kappa shape index (κ2) is 4.72. The molecule has 0 fully saturated rings. The summed E-state index contributed by atoms with van der Waals surface area (Å²) in [5, 5.41) is 2.64. The van der Waals surface area contributed by atoms with E-state index in [1.165, 1.54) is 16.9 Å². The number of nitrogens with zero attached hydrogens (tertiary/aromatic N) is 1. The molecular weight excluding hydrogens is 228 g/mol. The lowest BCUT2D eigenvalue weighted by Gasteiger charge is -1.97. The highest BCUT2D eigenvalue weighted by Crippen LogP contribution is 2.22. The average molecular weight is 240 g/mol. The second-order valence-corrected chi connectivity index (χ2v) is 5.07. The number of thiazole rings is 1. The summed E-state index contributed by atoms with van der Waals surface area (Å²) >= 11 is 3.27. The minimum atomic E-state index is 0.639. The molecule has 15 heavy (non-hydrogen) atoms. The Labute approximate surface area is 96.7 Å². The van der Waals surface area contributed by atoms with Crippen LogP contribution in [0.15, 0.2) is 22.1 Å². The van der Waals surface area contributed by atoms with Gasteiger partial charge in [0.25, 0.3) is 0 Å². The summed E-state index contributed by atoms with van der Waals surface area (Å²) in [6.45, 7) is 2.06. The summed E-state index contributed by atoms with van der Waals surface area (Å²) < 4.78 is 5.34. The zero-order valence-electron chi connectivity index (χ0n) is 8.40. The molecule has 0 atom stereocenters. The van der Waals surface area contributed by atoms with Crippen molar-refractivity contribution in [1.82, 2.24) is 4.98 Å². The fraction of sp³-hybridized carbons (Fsp3) is 0.300. The fourth-order valence-corrected chi connectivity index (χ4v) is 2.80. The highest BCUT2D eigenvalue weighted by molar-refractivity contribution is 7.97. The first-order chi connectivity index (χ1) is 7.25. The second-order valence-electron chi connectivity index (χ2n) is 3.20. The van der Waals surface area contributed by atoms with Gasteiger partial charge in [-0.2, -0.15) is 0 Å². The van der Waals surface area contributed by atoms with Crippen molar-refractivity contribution < 1.29 is 4.42 Å². The molecule has 0 saturated carbocycles. The lowest BCUT2D eigenvalue weighted by molar-refractivity contribution is 0.528. The van der Waals surface area contributed by atoms with Gasteiger partial charge in [0.05, 0.1) is 17.7 Å². The van der Waals surface area contributed by atoms with Crippen molar-refractivity contribution in [2.24, 2.45) is 0 Å². The predicted octanol–water partition coefficient (Wildman–Crippen LogP) is 3.06. The minimum absolute atomic E-state index is 0.639. The largest absolute Gasteiger partial charge is 0.468 e. The first-order valence-electron chi connectivity index (χ1n) is 4.56. The number of nitrogens with two attached hydrogens (primary N) is 1. The van der Waals surface area contributed by atoms with Crippen LogP contribution in [0.3, 0.4) is 0 Å².